The molecule has 4 aromatic rings. The van der Waals surface area contributed by atoms with Gasteiger partial charge in [-0.2, -0.15) is 0 Å². The molecule has 1 aliphatic rings. The second-order valence-corrected chi connectivity index (χ2v) is 12.5. The van der Waals surface area contributed by atoms with Crippen molar-refractivity contribution in [3.63, 3.8) is 0 Å². The third-order valence-electron chi connectivity index (χ3n) is 7.21. The number of halogens is 1. The van der Waals surface area contributed by atoms with Crippen LogP contribution in [0.25, 0.3) is 0 Å². The Kier molecular flexibility index (Phi) is 8.24. The van der Waals surface area contributed by atoms with Crippen molar-refractivity contribution < 1.29 is 13.9 Å². The number of thiophene rings is 1. The lowest BCUT2D eigenvalue weighted by molar-refractivity contribution is 0.0947. The van der Waals surface area contributed by atoms with Crippen LogP contribution in [0.4, 0.5) is 5.00 Å². The summed E-state index contributed by atoms with van der Waals surface area (Å²) in [5.74, 6) is 1.95. The van der Waals surface area contributed by atoms with Gasteiger partial charge in [0, 0.05) is 16.1 Å². The molecule has 0 saturated carbocycles. The first-order valence-corrected chi connectivity index (χ1v) is 14.4. The third-order valence-corrected chi connectivity index (χ3v) is 8.62. The molecule has 5 rings (SSSR count). The Balaban J connectivity index is 1.37. The molecule has 2 aromatic heterocycles. The van der Waals surface area contributed by atoms with Crippen LogP contribution >= 0.6 is 22.9 Å². The number of carbonyl (C=O) groups excluding carboxylic acids is 1. The number of hydrogen-bond acceptors (Lipinski definition) is 5. The van der Waals surface area contributed by atoms with Crippen LogP contribution in [0.3, 0.4) is 0 Å². The van der Waals surface area contributed by atoms with E-state index in [0.717, 1.165) is 52.5 Å². The molecule has 0 radical (unpaired) electrons. The summed E-state index contributed by atoms with van der Waals surface area (Å²) in [4.78, 5) is 19.5. The molecule has 2 heterocycles. The Morgan fingerprint density at radius 2 is 2.00 bits per heavy atom. The highest BCUT2D eigenvalue weighted by atomic mass is 35.5. The molecular formula is C32H33ClN2O3S. The Labute approximate surface area is 238 Å². The van der Waals surface area contributed by atoms with Gasteiger partial charge in [-0.05, 0) is 83.7 Å². The summed E-state index contributed by atoms with van der Waals surface area (Å²) in [6.07, 6.45) is 6.37. The molecule has 1 atom stereocenters. The highest BCUT2D eigenvalue weighted by Gasteiger charge is 2.33. The molecule has 0 spiro atoms. The largest absolute Gasteiger partial charge is 0.489 e. The Morgan fingerprint density at radius 1 is 1.18 bits per heavy atom. The topological polar surface area (TPSA) is 63.8 Å². The van der Waals surface area contributed by atoms with Gasteiger partial charge in [0.2, 0.25) is 0 Å². The predicted molar refractivity (Wildman–Crippen MR) is 159 cm³/mol. The van der Waals surface area contributed by atoms with Crippen LogP contribution < -0.4 is 10.1 Å². The van der Waals surface area contributed by atoms with Crippen LogP contribution in [-0.2, 0) is 26.0 Å². The van der Waals surface area contributed by atoms with E-state index in [9.17, 15) is 4.79 Å². The zero-order chi connectivity index (χ0) is 27.4. The van der Waals surface area contributed by atoms with Crippen molar-refractivity contribution in [2.75, 3.05) is 0 Å². The number of aliphatic imine (C=N–C) groups is 1. The summed E-state index contributed by atoms with van der Waals surface area (Å²) in [5.41, 5.74) is 4.01. The molecule has 39 heavy (non-hydrogen) atoms. The summed E-state index contributed by atoms with van der Waals surface area (Å²) < 4.78 is 11.4. The Morgan fingerprint density at radius 3 is 2.74 bits per heavy atom. The zero-order valence-corrected chi connectivity index (χ0v) is 24.1. The minimum atomic E-state index is -0.106. The Bertz CT molecular complexity index is 1450. The van der Waals surface area contributed by atoms with E-state index < -0.39 is 0 Å². The average molecular weight is 561 g/mol. The highest BCUT2D eigenvalue weighted by molar-refractivity contribution is 7.16. The second-order valence-electron chi connectivity index (χ2n) is 11.0. The minimum absolute atomic E-state index is 0.106. The first-order valence-electron chi connectivity index (χ1n) is 13.2. The van der Waals surface area contributed by atoms with E-state index in [2.05, 4.69) is 26.1 Å². The third kappa shape index (κ3) is 6.81. The Hall–Kier alpha value is -3.35. The van der Waals surface area contributed by atoms with Gasteiger partial charge in [0.05, 0.1) is 18.4 Å². The summed E-state index contributed by atoms with van der Waals surface area (Å²) in [7, 11) is 0. The van der Waals surface area contributed by atoms with E-state index >= 15 is 0 Å². The zero-order valence-electron chi connectivity index (χ0n) is 22.5. The van der Waals surface area contributed by atoms with Gasteiger partial charge >= 0.3 is 0 Å². The monoisotopic (exact) mass is 560 g/mol. The van der Waals surface area contributed by atoms with Crippen molar-refractivity contribution in [2.24, 2.45) is 16.3 Å². The van der Waals surface area contributed by atoms with Gasteiger partial charge < -0.3 is 14.5 Å². The quantitative estimate of drug-likeness (QED) is 0.220. The molecule has 1 aliphatic carbocycles. The number of nitrogens with zero attached hydrogens (tertiary/aromatic N) is 1. The minimum Gasteiger partial charge on any atom is -0.489 e. The van der Waals surface area contributed by atoms with Crippen molar-refractivity contribution >= 4 is 40.1 Å². The first-order chi connectivity index (χ1) is 18.8. The molecule has 0 saturated heterocycles. The van der Waals surface area contributed by atoms with Crippen LogP contribution in [0, 0.1) is 11.3 Å². The van der Waals surface area contributed by atoms with Crippen molar-refractivity contribution in [3.8, 4) is 5.75 Å². The number of carbonyl (C=O) groups is 1. The number of amides is 1. The molecule has 1 amide bonds. The number of rotatable bonds is 8. The summed E-state index contributed by atoms with van der Waals surface area (Å²) >= 11 is 7.62. The molecule has 7 heteroatoms. The molecule has 0 fully saturated rings. The van der Waals surface area contributed by atoms with E-state index in [1.165, 1.54) is 4.88 Å². The summed E-state index contributed by atoms with van der Waals surface area (Å²) in [5, 5.41) is 4.49. The van der Waals surface area contributed by atoms with Gasteiger partial charge in [0.15, 0.2) is 0 Å². The molecule has 202 valence electrons. The lowest BCUT2D eigenvalue weighted by Gasteiger charge is -2.33. The second kappa shape index (κ2) is 11.8. The maximum absolute atomic E-state index is 13.4. The number of benzene rings is 2. The molecule has 0 bridgehead atoms. The van der Waals surface area contributed by atoms with E-state index in [4.69, 9.17) is 25.7 Å². The van der Waals surface area contributed by atoms with Crippen molar-refractivity contribution in [3.05, 3.63) is 105 Å². The number of nitrogens with one attached hydrogen (secondary N) is 1. The molecule has 1 N–H and O–H groups in total. The fraction of sp³-hybridized carbons (Fsp3) is 0.312. The summed E-state index contributed by atoms with van der Waals surface area (Å²) in [6, 6.07) is 19.1. The van der Waals surface area contributed by atoms with Crippen LogP contribution in [0.5, 0.6) is 5.75 Å². The molecule has 2 aromatic carbocycles. The number of fused-ring (bicyclic) bond motifs is 1. The lowest BCUT2D eigenvalue weighted by atomic mass is 9.72. The number of hydrogen-bond donors (Lipinski definition) is 1. The van der Waals surface area contributed by atoms with Gasteiger partial charge in [-0.25, -0.2) is 4.99 Å². The fourth-order valence-corrected chi connectivity index (χ4v) is 6.26. The van der Waals surface area contributed by atoms with Crippen LogP contribution in [0.2, 0.25) is 5.02 Å². The molecule has 0 aliphatic heterocycles. The predicted octanol–water partition coefficient (Wildman–Crippen LogP) is 8.41. The fourth-order valence-electron chi connectivity index (χ4n) is 4.87. The maximum atomic E-state index is 13.4. The number of furan rings is 1. The van der Waals surface area contributed by atoms with Gasteiger partial charge in [0.25, 0.3) is 5.91 Å². The standard InChI is InChI=1S/C32H33ClN2O3S/c1-32(2,3)23-11-14-27-28(17-23)39-31(29(27)30(36)34-19-26-8-5-15-37-26)35-18-22-6-4-7-25(16-22)38-20-21-9-12-24(33)13-10-21/h4-10,12-13,15-16,18,23H,11,14,17,19-20H2,1-3H3,(H,34,36)/t23-/m0/s1. The van der Waals surface area contributed by atoms with Crippen molar-refractivity contribution in [2.45, 2.75) is 53.2 Å². The number of ether oxygens (including phenoxy) is 1. The van der Waals surface area contributed by atoms with E-state index in [0.29, 0.717) is 29.7 Å². The lowest BCUT2D eigenvalue weighted by Crippen LogP contribution is -2.28. The summed E-state index contributed by atoms with van der Waals surface area (Å²) in [6.45, 7) is 7.69. The molecule has 5 nitrogen and oxygen atoms in total. The van der Waals surface area contributed by atoms with Crippen LogP contribution in [0.1, 0.15) is 64.9 Å². The molecule has 0 unspecified atom stereocenters. The normalized spacial score (nSPS) is 15.3. The first kappa shape index (κ1) is 27.2. The van der Waals surface area contributed by atoms with Gasteiger partial charge in [-0.15, -0.1) is 11.3 Å². The van der Waals surface area contributed by atoms with Crippen LogP contribution in [-0.4, -0.2) is 12.1 Å². The molecular weight excluding hydrogens is 528 g/mol. The smallest absolute Gasteiger partial charge is 0.255 e. The van der Waals surface area contributed by atoms with Gasteiger partial charge in [0.1, 0.15) is 23.1 Å². The van der Waals surface area contributed by atoms with Crippen molar-refractivity contribution in [1.82, 2.24) is 5.32 Å². The van der Waals surface area contributed by atoms with E-state index in [1.807, 2.05) is 66.9 Å². The highest BCUT2D eigenvalue weighted by Crippen LogP contribution is 2.45. The average Bonchev–Trinajstić information content (AvgIpc) is 3.57. The van der Waals surface area contributed by atoms with Gasteiger partial charge in [-0.3, -0.25) is 4.79 Å². The van der Waals surface area contributed by atoms with Crippen molar-refractivity contribution in [1.29, 1.82) is 0 Å². The maximum Gasteiger partial charge on any atom is 0.255 e. The SMILES string of the molecule is CC(C)(C)[C@H]1CCc2c(sc(N=Cc3cccc(OCc4ccc(Cl)cc4)c3)c2C(=O)NCc2ccco2)C1. The van der Waals surface area contributed by atoms with Crippen LogP contribution in [0.15, 0.2) is 76.3 Å². The van der Waals surface area contributed by atoms with E-state index in [-0.39, 0.29) is 11.3 Å². The van der Waals surface area contributed by atoms with E-state index in [1.54, 1.807) is 17.6 Å². The van der Waals surface area contributed by atoms with Gasteiger partial charge in [-0.1, -0.05) is 56.6 Å².